The average Bonchev–Trinajstić information content (AvgIpc) is 2.84. The van der Waals surface area contributed by atoms with Crippen LogP contribution in [0.5, 0.6) is 0 Å². The predicted octanol–water partition coefficient (Wildman–Crippen LogP) is 1.17. The van der Waals surface area contributed by atoms with Crippen molar-refractivity contribution < 1.29 is 5.11 Å². The number of nitrogens with two attached hydrogens (primary N) is 1. The number of nitrogen functional groups attached to an aromatic ring is 1. The number of fused-ring (bicyclic) bond motifs is 1. The summed E-state index contributed by atoms with van der Waals surface area (Å²) in [5.41, 5.74) is 7.72. The molecule has 0 aliphatic heterocycles. The van der Waals surface area contributed by atoms with Gasteiger partial charge in [-0.25, -0.2) is 4.98 Å². The van der Waals surface area contributed by atoms with E-state index in [0.29, 0.717) is 11.0 Å². The summed E-state index contributed by atoms with van der Waals surface area (Å²) in [6.45, 7) is -0.111. The average molecular weight is 302 g/mol. The third kappa shape index (κ3) is 2.41. The van der Waals surface area contributed by atoms with Crippen molar-refractivity contribution in [1.82, 2.24) is 15.0 Å². The first-order valence-electron chi connectivity index (χ1n) is 6.48. The molecule has 0 radical (unpaired) electrons. The van der Waals surface area contributed by atoms with E-state index in [1.165, 1.54) is 0 Å². The van der Waals surface area contributed by atoms with Gasteiger partial charge in [0.25, 0.3) is 5.56 Å². The van der Waals surface area contributed by atoms with Crippen molar-refractivity contribution in [2.24, 2.45) is 0 Å². The van der Waals surface area contributed by atoms with Gasteiger partial charge in [0.15, 0.2) is 0 Å². The second-order valence-electron chi connectivity index (χ2n) is 4.87. The van der Waals surface area contributed by atoms with Crippen molar-refractivity contribution in [2.45, 2.75) is 12.3 Å². The molecule has 2 aromatic rings. The molecule has 1 aliphatic carbocycles. The van der Waals surface area contributed by atoms with E-state index in [9.17, 15) is 9.90 Å². The molecule has 0 bridgehead atoms. The Morgan fingerprint density at radius 3 is 3.05 bits per heavy atom. The van der Waals surface area contributed by atoms with E-state index in [4.69, 9.17) is 18.0 Å². The second-order valence-corrected chi connectivity index (χ2v) is 5.40. The number of nitrogens with zero attached hydrogens (tertiary/aromatic N) is 1. The Morgan fingerprint density at radius 2 is 2.33 bits per heavy atom. The van der Waals surface area contributed by atoms with Gasteiger partial charge >= 0.3 is 0 Å². The summed E-state index contributed by atoms with van der Waals surface area (Å²) in [5, 5.41) is 9.76. The Morgan fingerprint density at radius 1 is 1.52 bits per heavy atom. The fraction of sp³-hybridized carbons (Fsp3) is 0.214. The molecule has 2 aromatic heterocycles. The smallest absolute Gasteiger partial charge is 0.276 e. The largest absolute Gasteiger partial charge is 0.395 e. The van der Waals surface area contributed by atoms with Gasteiger partial charge in [-0.2, -0.15) is 0 Å². The SMILES string of the molecule is Nc1nc2c(C(CO)C3=CC(=S)CC=C3)c[nH]c2c(=O)[nH]1. The summed E-state index contributed by atoms with van der Waals surface area (Å²) in [6.07, 6.45) is 8.19. The number of aliphatic hydroxyl groups is 1. The molecule has 0 aromatic carbocycles. The highest BCUT2D eigenvalue weighted by atomic mass is 32.1. The van der Waals surface area contributed by atoms with Crippen LogP contribution >= 0.6 is 12.2 Å². The van der Waals surface area contributed by atoms with Crippen molar-refractivity contribution in [2.75, 3.05) is 12.3 Å². The zero-order valence-corrected chi connectivity index (χ0v) is 11.9. The number of aromatic nitrogens is 3. The van der Waals surface area contributed by atoms with Crippen molar-refractivity contribution in [3.05, 3.63) is 45.9 Å². The number of H-pyrrole nitrogens is 2. The van der Waals surface area contributed by atoms with Gasteiger partial charge in [-0.05, 0) is 11.6 Å². The molecule has 0 saturated heterocycles. The number of anilines is 1. The number of hydrogen-bond acceptors (Lipinski definition) is 5. The Kier molecular flexibility index (Phi) is 3.44. The minimum absolute atomic E-state index is 0.0497. The van der Waals surface area contributed by atoms with Crippen molar-refractivity contribution >= 4 is 34.1 Å². The van der Waals surface area contributed by atoms with Crippen LogP contribution < -0.4 is 11.3 Å². The first kappa shape index (κ1) is 13.7. The maximum Gasteiger partial charge on any atom is 0.276 e. The molecule has 0 amide bonds. The molecule has 2 heterocycles. The zero-order valence-electron chi connectivity index (χ0n) is 11.1. The van der Waals surface area contributed by atoms with E-state index in [1.54, 1.807) is 6.20 Å². The van der Waals surface area contributed by atoms with Gasteiger partial charge in [0.2, 0.25) is 5.95 Å². The van der Waals surface area contributed by atoms with Crippen LogP contribution in [0.15, 0.2) is 34.8 Å². The third-order valence-electron chi connectivity index (χ3n) is 3.50. The molecule has 0 saturated carbocycles. The van der Waals surface area contributed by atoms with Crippen LogP contribution in [-0.2, 0) is 0 Å². The third-order valence-corrected chi connectivity index (χ3v) is 3.79. The summed E-state index contributed by atoms with van der Waals surface area (Å²) in [7, 11) is 0. The van der Waals surface area contributed by atoms with Crippen LogP contribution in [0.25, 0.3) is 11.0 Å². The first-order chi connectivity index (χ1) is 10.1. The molecule has 1 atom stereocenters. The number of aromatic amines is 2. The standard InChI is InChI=1S/C14H14N4O2S/c15-14-17-11-9(5-16-12(11)13(20)18-14)10(6-19)7-2-1-3-8(21)4-7/h1-2,4-5,10,16,19H,3,6H2,(H3,15,17,18,20). The monoisotopic (exact) mass is 302 g/mol. The van der Waals surface area contributed by atoms with Crippen LogP contribution in [0.1, 0.15) is 17.9 Å². The zero-order chi connectivity index (χ0) is 15.0. The predicted molar refractivity (Wildman–Crippen MR) is 85.4 cm³/mol. The molecule has 3 rings (SSSR count). The molecule has 1 aliphatic rings. The van der Waals surface area contributed by atoms with E-state index >= 15 is 0 Å². The molecule has 5 N–H and O–H groups in total. The summed E-state index contributed by atoms with van der Waals surface area (Å²) in [4.78, 5) is 22.2. The van der Waals surface area contributed by atoms with Gasteiger partial charge in [-0.15, -0.1) is 0 Å². The van der Waals surface area contributed by atoms with E-state index in [-0.39, 0.29) is 24.0 Å². The highest BCUT2D eigenvalue weighted by Crippen LogP contribution is 2.31. The molecule has 0 fully saturated rings. The number of thiocarbonyl (C=S) groups is 1. The lowest BCUT2D eigenvalue weighted by molar-refractivity contribution is 0.281. The Labute approximate surface area is 125 Å². The van der Waals surface area contributed by atoms with E-state index < -0.39 is 0 Å². The molecule has 108 valence electrons. The van der Waals surface area contributed by atoms with Gasteiger partial charge < -0.3 is 15.8 Å². The number of allylic oxidation sites excluding steroid dienone is 3. The van der Waals surface area contributed by atoms with Crippen LogP contribution in [-0.4, -0.2) is 31.5 Å². The topological polar surface area (TPSA) is 108 Å². The molecular weight excluding hydrogens is 288 g/mol. The van der Waals surface area contributed by atoms with E-state index in [1.807, 2.05) is 18.2 Å². The van der Waals surface area contributed by atoms with E-state index in [0.717, 1.165) is 22.4 Å². The van der Waals surface area contributed by atoms with Gasteiger partial charge in [0, 0.05) is 29.0 Å². The highest BCUT2D eigenvalue weighted by Gasteiger charge is 2.21. The number of hydrogen-bond donors (Lipinski definition) is 4. The van der Waals surface area contributed by atoms with Crippen LogP contribution in [0, 0.1) is 0 Å². The lowest BCUT2D eigenvalue weighted by Crippen LogP contribution is -2.13. The lowest BCUT2D eigenvalue weighted by Gasteiger charge is -2.17. The van der Waals surface area contributed by atoms with Crippen LogP contribution in [0.4, 0.5) is 5.95 Å². The Hall–Kier alpha value is -2.25. The fourth-order valence-corrected chi connectivity index (χ4v) is 2.75. The van der Waals surface area contributed by atoms with E-state index in [2.05, 4.69) is 15.0 Å². The molecule has 21 heavy (non-hydrogen) atoms. The van der Waals surface area contributed by atoms with Gasteiger partial charge in [0.05, 0.1) is 6.61 Å². The normalized spacial score (nSPS) is 16.2. The van der Waals surface area contributed by atoms with Gasteiger partial charge in [0.1, 0.15) is 11.0 Å². The second kappa shape index (κ2) is 5.27. The Balaban J connectivity index is 2.16. The highest BCUT2D eigenvalue weighted by molar-refractivity contribution is 7.80. The van der Waals surface area contributed by atoms with Gasteiger partial charge in [-0.3, -0.25) is 9.78 Å². The molecular formula is C14H14N4O2S. The van der Waals surface area contributed by atoms with Crippen LogP contribution in [0.3, 0.4) is 0 Å². The minimum atomic E-state index is -0.330. The molecule has 6 nitrogen and oxygen atoms in total. The van der Waals surface area contributed by atoms with Crippen molar-refractivity contribution in [1.29, 1.82) is 0 Å². The summed E-state index contributed by atoms with van der Waals surface area (Å²) < 4.78 is 0. The number of nitrogens with one attached hydrogen (secondary N) is 2. The van der Waals surface area contributed by atoms with Crippen molar-refractivity contribution in [3.8, 4) is 0 Å². The maximum atomic E-state index is 11.8. The number of rotatable bonds is 3. The maximum absolute atomic E-state index is 11.8. The molecule has 7 heteroatoms. The summed E-state index contributed by atoms with van der Waals surface area (Å²) >= 11 is 5.21. The summed E-state index contributed by atoms with van der Waals surface area (Å²) in [5.74, 6) is -0.254. The lowest BCUT2D eigenvalue weighted by atomic mass is 9.89. The number of aliphatic hydroxyl groups excluding tert-OH is 1. The Bertz CT molecular complexity index is 831. The van der Waals surface area contributed by atoms with Crippen molar-refractivity contribution in [3.63, 3.8) is 0 Å². The molecule has 1 unspecified atom stereocenters. The van der Waals surface area contributed by atoms with Crippen LogP contribution in [0.2, 0.25) is 0 Å². The first-order valence-corrected chi connectivity index (χ1v) is 6.89. The molecule has 0 spiro atoms. The summed E-state index contributed by atoms with van der Waals surface area (Å²) in [6, 6.07) is 0. The quantitative estimate of drug-likeness (QED) is 0.636. The minimum Gasteiger partial charge on any atom is -0.395 e. The van der Waals surface area contributed by atoms with Gasteiger partial charge in [-0.1, -0.05) is 24.4 Å². The fourth-order valence-electron chi connectivity index (χ4n) is 2.52.